The van der Waals surface area contributed by atoms with Crippen LogP contribution in [0.1, 0.15) is 31.4 Å². The van der Waals surface area contributed by atoms with Gasteiger partial charge in [0.2, 0.25) is 21.8 Å². The minimum absolute atomic E-state index is 0.0740. The maximum Gasteiger partial charge on any atom is 0.244 e. The predicted molar refractivity (Wildman–Crippen MR) is 165 cm³/mol. The van der Waals surface area contributed by atoms with Gasteiger partial charge in [-0.3, -0.25) is 13.9 Å². The highest BCUT2D eigenvalue weighted by Gasteiger charge is 2.34. The number of halogens is 3. The Labute approximate surface area is 254 Å². The van der Waals surface area contributed by atoms with E-state index in [9.17, 15) is 18.0 Å². The summed E-state index contributed by atoms with van der Waals surface area (Å²) < 4.78 is 27.5. The van der Waals surface area contributed by atoms with Crippen molar-refractivity contribution < 1.29 is 18.0 Å². The van der Waals surface area contributed by atoms with Gasteiger partial charge >= 0.3 is 0 Å². The second kappa shape index (κ2) is 14.3. The third-order valence-electron chi connectivity index (χ3n) is 6.37. The number of carbonyl (C=O) groups excluding carboxylic acids is 2. The largest absolute Gasteiger partial charge is 0.352 e. The van der Waals surface area contributed by atoms with Crippen molar-refractivity contribution in [1.82, 2.24) is 10.2 Å². The molecule has 0 saturated heterocycles. The molecule has 7 nitrogen and oxygen atoms in total. The molecule has 0 spiro atoms. The number of sulfonamides is 1. The summed E-state index contributed by atoms with van der Waals surface area (Å²) in [6, 6.07) is 20.1. The van der Waals surface area contributed by atoms with Crippen molar-refractivity contribution in [2.24, 2.45) is 0 Å². The number of benzene rings is 3. The van der Waals surface area contributed by atoms with Crippen LogP contribution in [0.25, 0.3) is 0 Å². The zero-order valence-electron chi connectivity index (χ0n) is 22.5. The molecule has 0 heterocycles. The molecule has 2 amide bonds. The molecule has 0 aliphatic carbocycles. The number of anilines is 1. The molecule has 2 atom stereocenters. The van der Waals surface area contributed by atoms with Gasteiger partial charge < -0.3 is 10.2 Å². The van der Waals surface area contributed by atoms with Gasteiger partial charge in [-0.05, 0) is 54.8 Å². The predicted octanol–water partition coefficient (Wildman–Crippen LogP) is 6.08. The van der Waals surface area contributed by atoms with Crippen molar-refractivity contribution >= 4 is 66.7 Å². The van der Waals surface area contributed by atoms with Crippen LogP contribution in [0.5, 0.6) is 0 Å². The van der Waals surface area contributed by atoms with E-state index in [1.807, 2.05) is 68.4 Å². The van der Waals surface area contributed by atoms with Gasteiger partial charge in [0.1, 0.15) is 12.6 Å². The highest BCUT2D eigenvalue weighted by molar-refractivity contribution is 9.10. The van der Waals surface area contributed by atoms with E-state index < -0.39 is 28.5 Å². The molecule has 2 unspecified atom stereocenters. The Morgan fingerprint density at radius 1 is 0.975 bits per heavy atom. The average molecular weight is 669 g/mol. The molecule has 0 aromatic heterocycles. The zero-order chi connectivity index (χ0) is 29.4. The second-order valence-electron chi connectivity index (χ2n) is 9.54. The highest BCUT2D eigenvalue weighted by atomic mass is 79.9. The number of amides is 2. The molecular weight excluding hydrogens is 637 g/mol. The Hall–Kier alpha value is -2.59. The van der Waals surface area contributed by atoms with Crippen molar-refractivity contribution in [3.8, 4) is 0 Å². The maximum absolute atomic E-state index is 14.1. The van der Waals surface area contributed by atoms with Crippen molar-refractivity contribution in [3.63, 3.8) is 0 Å². The van der Waals surface area contributed by atoms with Crippen LogP contribution in [0.15, 0.2) is 77.3 Å². The van der Waals surface area contributed by atoms with Crippen LogP contribution in [0.3, 0.4) is 0 Å². The van der Waals surface area contributed by atoms with Crippen LogP contribution in [0, 0.1) is 0 Å². The lowest BCUT2D eigenvalue weighted by Crippen LogP contribution is -2.54. The summed E-state index contributed by atoms with van der Waals surface area (Å²) in [5.41, 5.74) is 1.71. The topological polar surface area (TPSA) is 86.8 Å². The van der Waals surface area contributed by atoms with E-state index in [4.69, 9.17) is 23.2 Å². The van der Waals surface area contributed by atoms with Crippen LogP contribution >= 0.6 is 39.1 Å². The Bertz CT molecular complexity index is 1440. The summed E-state index contributed by atoms with van der Waals surface area (Å²) in [6.45, 7) is 3.35. The smallest absolute Gasteiger partial charge is 0.244 e. The SMILES string of the molecule is CCC(C)NC(=O)C(Cc1ccccc1)N(Cc1cccc(Br)c1)C(=O)CN(c1cc(Cl)ccc1Cl)S(C)(=O)=O. The number of nitrogens with zero attached hydrogens (tertiary/aromatic N) is 2. The van der Waals surface area contributed by atoms with Gasteiger partial charge in [-0.2, -0.15) is 0 Å². The first-order valence-electron chi connectivity index (χ1n) is 12.7. The van der Waals surface area contributed by atoms with Crippen LogP contribution in [0.4, 0.5) is 5.69 Å². The summed E-state index contributed by atoms with van der Waals surface area (Å²) in [5, 5.41) is 3.39. The molecule has 40 heavy (non-hydrogen) atoms. The number of rotatable bonds is 12. The van der Waals surface area contributed by atoms with E-state index in [2.05, 4.69) is 21.2 Å². The van der Waals surface area contributed by atoms with Crippen molar-refractivity contribution in [3.05, 3.63) is 98.4 Å². The van der Waals surface area contributed by atoms with Gasteiger partial charge in [0.25, 0.3) is 0 Å². The molecular formula is C29H32BrCl2N3O4S. The Balaban J connectivity index is 2.09. The fourth-order valence-electron chi connectivity index (χ4n) is 4.10. The first kappa shape index (κ1) is 31.9. The minimum Gasteiger partial charge on any atom is -0.352 e. The van der Waals surface area contributed by atoms with E-state index in [-0.39, 0.29) is 40.6 Å². The van der Waals surface area contributed by atoms with Crippen molar-refractivity contribution in [2.45, 2.75) is 45.3 Å². The lowest BCUT2D eigenvalue weighted by atomic mass is 10.0. The lowest BCUT2D eigenvalue weighted by Gasteiger charge is -2.34. The molecule has 1 N–H and O–H groups in total. The molecule has 214 valence electrons. The Kier molecular flexibility index (Phi) is 11.5. The third-order valence-corrected chi connectivity index (χ3v) is 8.54. The van der Waals surface area contributed by atoms with Gasteiger partial charge in [0, 0.05) is 28.5 Å². The Morgan fingerprint density at radius 3 is 2.27 bits per heavy atom. The first-order chi connectivity index (χ1) is 18.9. The van der Waals surface area contributed by atoms with Gasteiger partial charge in [-0.1, -0.05) is 88.5 Å². The quantitative estimate of drug-likeness (QED) is 0.254. The van der Waals surface area contributed by atoms with Gasteiger partial charge in [-0.15, -0.1) is 0 Å². The number of nitrogens with one attached hydrogen (secondary N) is 1. The highest BCUT2D eigenvalue weighted by Crippen LogP contribution is 2.31. The number of carbonyl (C=O) groups is 2. The van der Waals surface area contributed by atoms with E-state index in [0.29, 0.717) is 6.42 Å². The molecule has 3 aromatic rings. The molecule has 0 aliphatic heterocycles. The Morgan fingerprint density at radius 2 is 1.65 bits per heavy atom. The van der Waals surface area contributed by atoms with Crippen molar-refractivity contribution in [2.75, 3.05) is 17.1 Å². The van der Waals surface area contributed by atoms with Crippen LogP contribution in [-0.2, 0) is 32.6 Å². The molecule has 3 aromatic carbocycles. The lowest BCUT2D eigenvalue weighted by molar-refractivity contribution is -0.140. The van der Waals surface area contributed by atoms with Gasteiger partial charge in [0.15, 0.2) is 0 Å². The molecule has 0 saturated carbocycles. The fraction of sp³-hybridized carbons (Fsp3) is 0.310. The third kappa shape index (κ3) is 8.96. The molecule has 0 fully saturated rings. The van der Waals surface area contributed by atoms with Crippen LogP contribution in [-0.4, -0.2) is 50.0 Å². The van der Waals surface area contributed by atoms with Crippen LogP contribution < -0.4 is 9.62 Å². The monoisotopic (exact) mass is 667 g/mol. The zero-order valence-corrected chi connectivity index (χ0v) is 26.4. The average Bonchev–Trinajstić information content (AvgIpc) is 2.90. The number of hydrogen-bond acceptors (Lipinski definition) is 4. The fourth-order valence-corrected chi connectivity index (χ4v) is 5.83. The maximum atomic E-state index is 14.1. The van der Waals surface area contributed by atoms with Gasteiger partial charge in [0.05, 0.1) is 17.0 Å². The standard InChI is InChI=1S/C29H32BrCl2N3O4S/c1-4-20(2)33-29(37)27(16-21-9-6-5-7-10-21)34(18-22-11-8-12-23(30)15-22)28(36)19-35(40(3,38)39)26-17-24(31)13-14-25(26)32/h5-15,17,20,27H,4,16,18-19H2,1-3H3,(H,33,37). The molecule has 11 heteroatoms. The van der Waals surface area contributed by atoms with Crippen molar-refractivity contribution in [1.29, 1.82) is 0 Å². The molecule has 0 aliphatic rings. The first-order valence-corrected chi connectivity index (χ1v) is 16.1. The normalized spacial score (nSPS) is 12.8. The van der Waals surface area contributed by atoms with E-state index in [1.54, 1.807) is 0 Å². The summed E-state index contributed by atoms with van der Waals surface area (Å²) in [5.74, 6) is -0.894. The van der Waals surface area contributed by atoms with Gasteiger partial charge in [-0.25, -0.2) is 8.42 Å². The summed E-state index contributed by atoms with van der Waals surface area (Å²) in [7, 11) is -3.96. The van der Waals surface area contributed by atoms with E-state index in [1.165, 1.54) is 23.1 Å². The number of hydrogen-bond donors (Lipinski definition) is 1. The molecule has 0 radical (unpaired) electrons. The minimum atomic E-state index is -3.96. The summed E-state index contributed by atoms with van der Waals surface area (Å²) >= 11 is 16.0. The molecule has 0 bridgehead atoms. The summed E-state index contributed by atoms with van der Waals surface area (Å²) in [6.07, 6.45) is 1.94. The second-order valence-corrected chi connectivity index (χ2v) is 13.2. The van der Waals surface area contributed by atoms with E-state index in [0.717, 1.165) is 26.2 Å². The molecule has 3 rings (SSSR count). The summed E-state index contributed by atoms with van der Waals surface area (Å²) in [4.78, 5) is 29.2. The van der Waals surface area contributed by atoms with E-state index >= 15 is 0 Å². The van der Waals surface area contributed by atoms with Crippen LogP contribution in [0.2, 0.25) is 10.0 Å².